The molecule has 0 aliphatic carbocycles. The molecule has 3 aromatic rings. The minimum Gasteiger partial charge on any atom is -0.482 e. The standard InChI is InChI=1S/C24H24Cl2N4O2/c1-16-3-5-19(17(2)13-16)21-7-8-23(28-27-21)29-9-11-30(12-10-29)24(31)15-32-22-14-18(25)4-6-20(22)26/h3-8,13-14H,9-12,15H2,1-2H3. The van der Waals surface area contributed by atoms with E-state index in [1.165, 1.54) is 11.1 Å². The molecule has 0 saturated carbocycles. The molecule has 166 valence electrons. The first-order valence-corrected chi connectivity index (χ1v) is 11.2. The van der Waals surface area contributed by atoms with Gasteiger partial charge in [0.05, 0.1) is 10.7 Å². The van der Waals surface area contributed by atoms with Crippen LogP contribution >= 0.6 is 23.2 Å². The molecule has 0 unspecified atom stereocenters. The van der Waals surface area contributed by atoms with Crippen LogP contribution in [0.3, 0.4) is 0 Å². The highest BCUT2D eigenvalue weighted by molar-refractivity contribution is 6.34. The fourth-order valence-electron chi connectivity index (χ4n) is 3.74. The van der Waals surface area contributed by atoms with E-state index in [1.54, 1.807) is 23.1 Å². The molecule has 1 aromatic heterocycles. The van der Waals surface area contributed by atoms with Crippen molar-refractivity contribution in [2.45, 2.75) is 13.8 Å². The van der Waals surface area contributed by atoms with Crippen molar-refractivity contribution in [1.29, 1.82) is 0 Å². The van der Waals surface area contributed by atoms with Crippen LogP contribution in [0.5, 0.6) is 5.75 Å². The first kappa shape index (κ1) is 22.4. The monoisotopic (exact) mass is 470 g/mol. The summed E-state index contributed by atoms with van der Waals surface area (Å²) >= 11 is 12.1. The highest BCUT2D eigenvalue weighted by Crippen LogP contribution is 2.28. The molecule has 1 amide bonds. The average molecular weight is 471 g/mol. The maximum atomic E-state index is 12.5. The fraction of sp³-hybridized carbons (Fsp3) is 0.292. The summed E-state index contributed by atoms with van der Waals surface area (Å²) in [4.78, 5) is 16.5. The van der Waals surface area contributed by atoms with E-state index in [0.29, 0.717) is 42.0 Å². The second-order valence-electron chi connectivity index (χ2n) is 7.83. The quantitative estimate of drug-likeness (QED) is 0.536. The molecule has 1 aliphatic heterocycles. The Kier molecular flexibility index (Phi) is 6.82. The fourth-order valence-corrected chi connectivity index (χ4v) is 4.08. The summed E-state index contributed by atoms with van der Waals surface area (Å²) in [6.45, 7) is 6.62. The van der Waals surface area contributed by atoms with Crippen molar-refractivity contribution < 1.29 is 9.53 Å². The summed E-state index contributed by atoms with van der Waals surface area (Å²) in [5.74, 6) is 1.13. The van der Waals surface area contributed by atoms with Crippen LogP contribution < -0.4 is 9.64 Å². The predicted octanol–water partition coefficient (Wildman–Crippen LogP) is 4.79. The number of ether oxygens (including phenoxy) is 1. The zero-order valence-electron chi connectivity index (χ0n) is 18.0. The van der Waals surface area contributed by atoms with E-state index in [4.69, 9.17) is 27.9 Å². The van der Waals surface area contributed by atoms with Crippen molar-refractivity contribution in [3.63, 3.8) is 0 Å². The normalized spacial score (nSPS) is 13.9. The van der Waals surface area contributed by atoms with Gasteiger partial charge in [-0.25, -0.2) is 0 Å². The number of anilines is 1. The van der Waals surface area contributed by atoms with Crippen molar-refractivity contribution in [2.24, 2.45) is 0 Å². The Hall–Kier alpha value is -2.83. The van der Waals surface area contributed by atoms with E-state index in [2.05, 4.69) is 47.1 Å². The molecule has 6 nitrogen and oxygen atoms in total. The van der Waals surface area contributed by atoms with Gasteiger partial charge in [0.25, 0.3) is 5.91 Å². The molecule has 0 N–H and O–H groups in total. The highest BCUT2D eigenvalue weighted by Gasteiger charge is 2.23. The van der Waals surface area contributed by atoms with Gasteiger partial charge in [-0.3, -0.25) is 4.79 Å². The minimum absolute atomic E-state index is 0.0789. The molecule has 1 fully saturated rings. The van der Waals surface area contributed by atoms with Crippen LogP contribution in [-0.4, -0.2) is 53.8 Å². The summed E-state index contributed by atoms with van der Waals surface area (Å²) in [6.07, 6.45) is 0. The summed E-state index contributed by atoms with van der Waals surface area (Å²) in [5, 5.41) is 9.79. The molecule has 2 heterocycles. The van der Waals surface area contributed by atoms with E-state index in [0.717, 1.165) is 17.1 Å². The van der Waals surface area contributed by atoms with Crippen LogP contribution in [-0.2, 0) is 4.79 Å². The van der Waals surface area contributed by atoms with E-state index in [1.807, 2.05) is 12.1 Å². The summed E-state index contributed by atoms with van der Waals surface area (Å²) in [6, 6.07) is 15.2. The number of amides is 1. The van der Waals surface area contributed by atoms with Crippen LogP contribution in [0, 0.1) is 13.8 Å². The third kappa shape index (κ3) is 5.14. The number of hydrogen-bond donors (Lipinski definition) is 0. The summed E-state index contributed by atoms with van der Waals surface area (Å²) in [7, 11) is 0. The number of nitrogens with zero attached hydrogens (tertiary/aromatic N) is 4. The maximum absolute atomic E-state index is 12.5. The van der Waals surface area contributed by atoms with Gasteiger partial charge in [0, 0.05) is 42.8 Å². The first-order valence-electron chi connectivity index (χ1n) is 10.4. The number of aromatic nitrogens is 2. The molecule has 8 heteroatoms. The van der Waals surface area contributed by atoms with Gasteiger partial charge < -0.3 is 14.5 Å². The van der Waals surface area contributed by atoms with Gasteiger partial charge in [-0.1, -0.05) is 47.0 Å². The van der Waals surface area contributed by atoms with E-state index in [-0.39, 0.29) is 12.5 Å². The molecule has 2 aromatic carbocycles. The zero-order chi connectivity index (χ0) is 22.7. The molecule has 4 rings (SSSR count). The number of hydrogen-bond acceptors (Lipinski definition) is 5. The number of rotatable bonds is 5. The number of piperazine rings is 1. The molecule has 1 aliphatic rings. The lowest BCUT2D eigenvalue weighted by Crippen LogP contribution is -2.50. The number of carbonyl (C=O) groups is 1. The first-order chi connectivity index (χ1) is 15.4. The Bertz CT molecular complexity index is 1110. The van der Waals surface area contributed by atoms with E-state index < -0.39 is 0 Å². The van der Waals surface area contributed by atoms with Crippen LogP contribution in [0.25, 0.3) is 11.3 Å². The molecular formula is C24H24Cl2N4O2. The average Bonchev–Trinajstić information content (AvgIpc) is 2.80. The molecule has 0 radical (unpaired) electrons. The topological polar surface area (TPSA) is 58.6 Å². The lowest BCUT2D eigenvalue weighted by molar-refractivity contribution is -0.133. The van der Waals surface area contributed by atoms with E-state index in [9.17, 15) is 4.79 Å². The number of benzene rings is 2. The van der Waals surface area contributed by atoms with Crippen LogP contribution in [0.2, 0.25) is 10.0 Å². The Balaban J connectivity index is 1.32. The molecule has 32 heavy (non-hydrogen) atoms. The van der Waals surface area contributed by atoms with Crippen molar-refractivity contribution in [1.82, 2.24) is 15.1 Å². The second-order valence-corrected chi connectivity index (χ2v) is 8.67. The summed E-state index contributed by atoms with van der Waals surface area (Å²) < 4.78 is 5.57. The van der Waals surface area contributed by atoms with Crippen molar-refractivity contribution in [3.8, 4) is 17.0 Å². The van der Waals surface area contributed by atoms with Gasteiger partial charge in [0.1, 0.15) is 5.75 Å². The van der Waals surface area contributed by atoms with Crippen LogP contribution in [0.1, 0.15) is 11.1 Å². The van der Waals surface area contributed by atoms with Crippen molar-refractivity contribution >= 4 is 34.9 Å². The Morgan fingerprint density at radius 2 is 1.75 bits per heavy atom. The molecule has 0 spiro atoms. The third-order valence-electron chi connectivity index (χ3n) is 5.51. The lowest BCUT2D eigenvalue weighted by Gasteiger charge is -2.35. The molecular weight excluding hydrogens is 447 g/mol. The highest BCUT2D eigenvalue weighted by atomic mass is 35.5. The lowest BCUT2D eigenvalue weighted by atomic mass is 10.0. The van der Waals surface area contributed by atoms with Gasteiger partial charge in [0.15, 0.2) is 12.4 Å². The number of aryl methyl sites for hydroxylation is 2. The van der Waals surface area contributed by atoms with Crippen LogP contribution in [0.4, 0.5) is 5.82 Å². The molecule has 1 saturated heterocycles. The predicted molar refractivity (Wildman–Crippen MR) is 128 cm³/mol. The largest absolute Gasteiger partial charge is 0.482 e. The smallest absolute Gasteiger partial charge is 0.260 e. The van der Waals surface area contributed by atoms with Crippen molar-refractivity contribution in [3.05, 3.63) is 69.7 Å². The third-order valence-corrected chi connectivity index (χ3v) is 6.06. The van der Waals surface area contributed by atoms with Crippen molar-refractivity contribution in [2.75, 3.05) is 37.7 Å². The van der Waals surface area contributed by atoms with Gasteiger partial charge in [-0.05, 0) is 43.7 Å². The minimum atomic E-state index is -0.0861. The zero-order valence-corrected chi connectivity index (χ0v) is 19.5. The molecule has 0 atom stereocenters. The van der Waals surface area contributed by atoms with Gasteiger partial charge >= 0.3 is 0 Å². The number of halogens is 2. The Morgan fingerprint density at radius 1 is 0.969 bits per heavy atom. The molecule has 0 bridgehead atoms. The maximum Gasteiger partial charge on any atom is 0.260 e. The summed E-state index contributed by atoms with van der Waals surface area (Å²) in [5.41, 5.74) is 4.35. The van der Waals surface area contributed by atoms with E-state index >= 15 is 0 Å². The second kappa shape index (κ2) is 9.76. The SMILES string of the molecule is Cc1ccc(-c2ccc(N3CCN(C(=O)COc4cc(Cl)ccc4Cl)CC3)nn2)c(C)c1. The number of carbonyl (C=O) groups excluding carboxylic acids is 1. The Morgan fingerprint density at radius 3 is 2.44 bits per heavy atom. The Labute approximate surface area is 197 Å². The van der Waals surface area contributed by atoms with Crippen LogP contribution in [0.15, 0.2) is 48.5 Å². The van der Waals surface area contributed by atoms with Gasteiger partial charge in [0.2, 0.25) is 0 Å². The van der Waals surface area contributed by atoms with Gasteiger partial charge in [-0.15, -0.1) is 10.2 Å². The van der Waals surface area contributed by atoms with Gasteiger partial charge in [-0.2, -0.15) is 0 Å².